The molecular weight excluding hydrogens is 312 g/mol. The van der Waals surface area contributed by atoms with Crippen molar-refractivity contribution in [3.8, 4) is 0 Å². The highest BCUT2D eigenvalue weighted by Crippen LogP contribution is 2.24. The number of carbonyl (C=O) groups excluding carboxylic acids is 4. The van der Waals surface area contributed by atoms with Crippen LogP contribution in [-0.4, -0.2) is 61.5 Å². The lowest BCUT2D eigenvalue weighted by atomic mass is 9.99. The number of hydrogen-bond donors (Lipinski definition) is 0. The molecule has 0 aromatic rings. The summed E-state index contributed by atoms with van der Waals surface area (Å²) < 4.78 is 25.6. The zero-order chi connectivity index (χ0) is 17.6. The number of esters is 4. The molecule has 0 spiro atoms. The van der Waals surface area contributed by atoms with Crippen LogP contribution in [-0.2, 0) is 42.9 Å². The van der Waals surface area contributed by atoms with Gasteiger partial charge in [0.1, 0.15) is 12.7 Å². The molecule has 9 nitrogen and oxygen atoms in total. The van der Waals surface area contributed by atoms with Gasteiger partial charge in [-0.25, -0.2) is 0 Å². The lowest BCUT2D eigenvalue weighted by Crippen LogP contribution is -2.58. The summed E-state index contributed by atoms with van der Waals surface area (Å²) in [6, 6.07) is 0. The van der Waals surface area contributed by atoms with Gasteiger partial charge in [0.15, 0.2) is 18.3 Å². The largest absolute Gasteiger partial charge is 0.463 e. The molecule has 1 aliphatic rings. The second-order valence-corrected chi connectivity index (χ2v) is 4.97. The highest BCUT2D eigenvalue weighted by atomic mass is 16.7. The van der Waals surface area contributed by atoms with Crippen molar-refractivity contribution in [1.29, 1.82) is 0 Å². The van der Waals surface area contributed by atoms with Crippen LogP contribution in [0.1, 0.15) is 27.7 Å². The van der Waals surface area contributed by atoms with E-state index < -0.39 is 48.3 Å². The average molecular weight is 332 g/mol. The smallest absolute Gasteiger partial charge is 0.303 e. The van der Waals surface area contributed by atoms with E-state index in [4.69, 9.17) is 23.7 Å². The predicted octanol–water partition coefficient (Wildman–Crippen LogP) is -0.257. The van der Waals surface area contributed by atoms with E-state index in [9.17, 15) is 19.2 Å². The molecule has 1 saturated heterocycles. The fourth-order valence-corrected chi connectivity index (χ4v) is 2.16. The van der Waals surface area contributed by atoms with E-state index in [2.05, 4.69) is 0 Å². The third-order valence-corrected chi connectivity index (χ3v) is 2.90. The minimum atomic E-state index is -1.08. The first kappa shape index (κ1) is 18.9. The van der Waals surface area contributed by atoms with Crippen molar-refractivity contribution in [2.75, 3.05) is 13.2 Å². The Morgan fingerprint density at radius 1 is 0.826 bits per heavy atom. The number of rotatable bonds is 5. The third kappa shape index (κ3) is 6.23. The van der Waals surface area contributed by atoms with Crippen LogP contribution < -0.4 is 0 Å². The zero-order valence-corrected chi connectivity index (χ0v) is 13.4. The molecular formula is C14H20O9. The van der Waals surface area contributed by atoms with Crippen LogP contribution in [0, 0.1) is 0 Å². The lowest BCUT2D eigenvalue weighted by Gasteiger charge is -2.40. The van der Waals surface area contributed by atoms with Gasteiger partial charge < -0.3 is 23.7 Å². The Morgan fingerprint density at radius 2 is 1.35 bits per heavy atom. The molecule has 0 aromatic heterocycles. The topological polar surface area (TPSA) is 114 Å². The van der Waals surface area contributed by atoms with Gasteiger partial charge in [0, 0.05) is 27.7 Å². The second kappa shape index (κ2) is 8.47. The van der Waals surface area contributed by atoms with Gasteiger partial charge in [-0.05, 0) is 0 Å². The van der Waals surface area contributed by atoms with Gasteiger partial charge >= 0.3 is 23.9 Å². The summed E-state index contributed by atoms with van der Waals surface area (Å²) in [7, 11) is 0. The third-order valence-electron chi connectivity index (χ3n) is 2.90. The quantitative estimate of drug-likeness (QED) is 0.496. The van der Waals surface area contributed by atoms with Crippen molar-refractivity contribution in [3.05, 3.63) is 0 Å². The van der Waals surface area contributed by atoms with Gasteiger partial charge in [-0.2, -0.15) is 0 Å². The highest BCUT2D eigenvalue weighted by molar-refractivity contribution is 5.68. The van der Waals surface area contributed by atoms with Crippen molar-refractivity contribution < 1.29 is 42.9 Å². The molecule has 1 aliphatic heterocycles. The SMILES string of the molecule is CC(=O)OC[C@H]1OC[C@@H](OC(C)=O)[C@H](OC(C)=O)[C@H]1OC(C)=O. The average Bonchev–Trinajstić information content (AvgIpc) is 2.39. The molecule has 1 heterocycles. The van der Waals surface area contributed by atoms with Crippen LogP contribution >= 0.6 is 0 Å². The first-order valence-electron chi connectivity index (χ1n) is 6.97. The Balaban J connectivity index is 2.98. The molecule has 1 fully saturated rings. The summed E-state index contributed by atoms with van der Waals surface area (Å²) in [6.07, 6.45) is -3.92. The van der Waals surface area contributed by atoms with Crippen LogP contribution in [0.4, 0.5) is 0 Å². The van der Waals surface area contributed by atoms with E-state index in [1.807, 2.05) is 0 Å². The summed E-state index contributed by atoms with van der Waals surface area (Å²) in [6.45, 7) is 4.46. The van der Waals surface area contributed by atoms with Gasteiger partial charge in [0.05, 0.1) is 6.61 Å². The van der Waals surface area contributed by atoms with Gasteiger partial charge in [-0.3, -0.25) is 19.2 Å². The molecule has 0 bridgehead atoms. The summed E-state index contributed by atoms with van der Waals surface area (Å²) in [5.74, 6) is -2.43. The van der Waals surface area contributed by atoms with E-state index in [0.717, 1.165) is 0 Å². The second-order valence-electron chi connectivity index (χ2n) is 4.97. The Morgan fingerprint density at radius 3 is 1.83 bits per heavy atom. The van der Waals surface area contributed by atoms with E-state index in [1.54, 1.807) is 0 Å². The van der Waals surface area contributed by atoms with E-state index in [0.29, 0.717) is 0 Å². The molecule has 130 valence electrons. The summed E-state index contributed by atoms with van der Waals surface area (Å²) in [5.41, 5.74) is 0. The first-order valence-corrected chi connectivity index (χ1v) is 6.97. The van der Waals surface area contributed by atoms with Gasteiger partial charge in [-0.1, -0.05) is 0 Å². The Kier molecular flexibility index (Phi) is 6.95. The molecule has 1 rings (SSSR count). The fourth-order valence-electron chi connectivity index (χ4n) is 2.16. The maximum atomic E-state index is 11.3. The predicted molar refractivity (Wildman–Crippen MR) is 73.0 cm³/mol. The normalized spacial score (nSPS) is 26.8. The summed E-state index contributed by atoms with van der Waals surface area (Å²) >= 11 is 0. The van der Waals surface area contributed by atoms with Crippen LogP contribution in [0.15, 0.2) is 0 Å². The first-order chi connectivity index (χ1) is 10.7. The van der Waals surface area contributed by atoms with Crippen molar-refractivity contribution in [1.82, 2.24) is 0 Å². The molecule has 4 atom stereocenters. The number of hydrogen-bond acceptors (Lipinski definition) is 9. The van der Waals surface area contributed by atoms with Crippen molar-refractivity contribution in [3.63, 3.8) is 0 Å². The molecule has 0 saturated carbocycles. The Labute approximate surface area is 133 Å². The van der Waals surface area contributed by atoms with E-state index >= 15 is 0 Å². The van der Waals surface area contributed by atoms with Crippen molar-refractivity contribution >= 4 is 23.9 Å². The van der Waals surface area contributed by atoms with Gasteiger partial charge in [0.2, 0.25) is 0 Å². The summed E-state index contributed by atoms with van der Waals surface area (Å²) in [4.78, 5) is 44.8. The zero-order valence-electron chi connectivity index (χ0n) is 13.4. The Hall–Kier alpha value is -2.16. The minimum absolute atomic E-state index is 0.0960. The van der Waals surface area contributed by atoms with Gasteiger partial charge in [-0.15, -0.1) is 0 Å². The lowest BCUT2D eigenvalue weighted by molar-refractivity contribution is -0.231. The van der Waals surface area contributed by atoms with Crippen LogP contribution in [0.25, 0.3) is 0 Å². The fraction of sp³-hybridized carbons (Fsp3) is 0.714. The van der Waals surface area contributed by atoms with Crippen molar-refractivity contribution in [2.45, 2.75) is 52.1 Å². The van der Waals surface area contributed by atoms with Crippen LogP contribution in [0.2, 0.25) is 0 Å². The molecule has 0 radical (unpaired) electrons. The molecule has 0 aliphatic carbocycles. The van der Waals surface area contributed by atoms with Crippen LogP contribution in [0.5, 0.6) is 0 Å². The standard InChI is InChI=1S/C14H20O9/c1-7(15)19-5-11-13(22-9(3)17)14(23-10(4)18)12(6-20-11)21-8(2)16/h11-14H,5-6H2,1-4H3/t11-,12-,13+,14+/m1/s1. The molecule has 9 heteroatoms. The van der Waals surface area contributed by atoms with Gasteiger partial charge in [0.25, 0.3) is 0 Å². The maximum absolute atomic E-state index is 11.3. The monoisotopic (exact) mass is 332 g/mol. The number of carbonyl (C=O) groups is 4. The minimum Gasteiger partial charge on any atom is -0.463 e. The highest BCUT2D eigenvalue weighted by Gasteiger charge is 2.47. The summed E-state index contributed by atoms with van der Waals surface area (Å²) in [5, 5.41) is 0. The molecule has 23 heavy (non-hydrogen) atoms. The molecule has 0 unspecified atom stereocenters. The van der Waals surface area contributed by atoms with Crippen molar-refractivity contribution in [2.24, 2.45) is 0 Å². The Bertz CT molecular complexity index is 473. The molecule has 0 amide bonds. The number of ether oxygens (including phenoxy) is 5. The maximum Gasteiger partial charge on any atom is 0.303 e. The molecule has 0 N–H and O–H groups in total. The van der Waals surface area contributed by atoms with E-state index in [-0.39, 0.29) is 13.2 Å². The molecule has 0 aromatic carbocycles. The van der Waals surface area contributed by atoms with Crippen LogP contribution in [0.3, 0.4) is 0 Å². The van der Waals surface area contributed by atoms with E-state index in [1.165, 1.54) is 27.7 Å².